The average Bonchev–Trinajstić information content (AvgIpc) is 2.46. The molecular weight excluding hydrogens is 272 g/mol. The van der Waals surface area contributed by atoms with Crippen LogP contribution in [0, 0.1) is 6.92 Å². The number of rotatable bonds is 1. The van der Waals surface area contributed by atoms with Gasteiger partial charge in [-0.25, -0.2) is 0 Å². The molecule has 78 valence electrons. The van der Waals surface area contributed by atoms with E-state index in [0.29, 0.717) is 5.69 Å². The second kappa shape index (κ2) is 3.87. The van der Waals surface area contributed by atoms with E-state index in [4.69, 9.17) is 11.5 Å². The lowest BCUT2D eigenvalue weighted by atomic mass is 10.1. The van der Waals surface area contributed by atoms with Crippen molar-refractivity contribution in [3.63, 3.8) is 0 Å². The number of hydrogen-bond acceptors (Lipinski definition) is 3. The van der Waals surface area contributed by atoms with Crippen LogP contribution in [-0.2, 0) is 0 Å². The molecule has 1 aromatic heterocycles. The molecule has 0 saturated carbocycles. The molecule has 4 heteroatoms. The molecule has 4 N–H and O–H groups in total. The Balaban J connectivity index is 2.54. The first kappa shape index (κ1) is 10.5. The lowest BCUT2D eigenvalue weighted by Crippen LogP contribution is -1.91. The molecule has 1 aromatic carbocycles. The highest BCUT2D eigenvalue weighted by atomic mass is 79.9. The summed E-state index contributed by atoms with van der Waals surface area (Å²) in [5, 5.41) is 0. The number of benzene rings is 1. The summed E-state index contributed by atoms with van der Waals surface area (Å²) in [5.41, 5.74) is 15.3. The third-order valence-corrected chi connectivity index (χ3v) is 4.37. The van der Waals surface area contributed by atoms with Crippen molar-refractivity contribution < 1.29 is 0 Å². The molecule has 15 heavy (non-hydrogen) atoms. The van der Waals surface area contributed by atoms with Crippen LogP contribution in [0.1, 0.15) is 5.56 Å². The fraction of sp³-hybridized carbons (Fsp3) is 0.0909. The van der Waals surface area contributed by atoms with Crippen LogP contribution >= 0.6 is 27.3 Å². The summed E-state index contributed by atoms with van der Waals surface area (Å²) < 4.78 is 1.15. The van der Waals surface area contributed by atoms with Gasteiger partial charge in [-0.2, -0.15) is 0 Å². The van der Waals surface area contributed by atoms with E-state index in [1.807, 2.05) is 12.1 Å². The molecule has 0 aliphatic carbocycles. The lowest BCUT2D eigenvalue weighted by Gasteiger charge is -2.03. The fourth-order valence-electron chi connectivity index (χ4n) is 1.40. The van der Waals surface area contributed by atoms with E-state index < -0.39 is 0 Å². The van der Waals surface area contributed by atoms with Crippen LogP contribution in [0.5, 0.6) is 0 Å². The Labute approximate surface area is 101 Å². The van der Waals surface area contributed by atoms with E-state index >= 15 is 0 Å². The van der Waals surface area contributed by atoms with Crippen molar-refractivity contribution in [2.45, 2.75) is 6.92 Å². The minimum atomic E-state index is 0.698. The van der Waals surface area contributed by atoms with Crippen molar-refractivity contribution in [3.8, 4) is 10.4 Å². The normalized spacial score (nSPS) is 10.5. The number of nitrogens with two attached hydrogens (primary N) is 2. The minimum Gasteiger partial charge on any atom is -0.399 e. The Morgan fingerprint density at radius 1 is 1.20 bits per heavy atom. The molecule has 0 aliphatic rings. The second-order valence-corrected chi connectivity index (χ2v) is 5.78. The molecule has 0 aliphatic heterocycles. The molecule has 2 rings (SSSR count). The maximum absolute atomic E-state index is 5.92. The quantitative estimate of drug-likeness (QED) is 0.785. The van der Waals surface area contributed by atoms with Gasteiger partial charge in [-0.05, 0) is 52.7 Å². The Kier molecular flexibility index (Phi) is 2.71. The summed E-state index contributed by atoms with van der Waals surface area (Å²) >= 11 is 5.19. The van der Waals surface area contributed by atoms with Crippen molar-refractivity contribution in [1.29, 1.82) is 0 Å². The van der Waals surface area contributed by atoms with E-state index in [1.165, 1.54) is 5.56 Å². The zero-order valence-electron chi connectivity index (χ0n) is 8.25. The van der Waals surface area contributed by atoms with Crippen molar-refractivity contribution in [2.24, 2.45) is 0 Å². The molecule has 0 amide bonds. The monoisotopic (exact) mass is 282 g/mol. The summed E-state index contributed by atoms with van der Waals surface area (Å²) in [5.74, 6) is 0. The molecule has 2 nitrogen and oxygen atoms in total. The van der Waals surface area contributed by atoms with E-state index in [2.05, 4.69) is 28.9 Å². The Bertz CT molecular complexity index is 486. The van der Waals surface area contributed by atoms with Crippen LogP contribution in [-0.4, -0.2) is 0 Å². The molecule has 0 bridgehead atoms. The molecule has 0 saturated heterocycles. The smallest absolute Gasteiger partial charge is 0.0734 e. The first-order valence-corrected chi connectivity index (χ1v) is 6.10. The van der Waals surface area contributed by atoms with Gasteiger partial charge in [-0.15, -0.1) is 11.3 Å². The Morgan fingerprint density at radius 3 is 2.47 bits per heavy atom. The molecule has 0 fully saturated rings. The highest BCUT2D eigenvalue weighted by molar-refractivity contribution is 9.11. The maximum Gasteiger partial charge on any atom is 0.0734 e. The molecule has 0 spiro atoms. The van der Waals surface area contributed by atoms with Gasteiger partial charge in [0.05, 0.1) is 3.79 Å². The number of aryl methyl sites for hydroxylation is 1. The van der Waals surface area contributed by atoms with Gasteiger partial charge >= 0.3 is 0 Å². The fourth-order valence-corrected chi connectivity index (χ4v) is 2.98. The standard InChI is InChI=1S/C11H11BrN2S/c1-6-4-10(15-11(6)12)8-3-2-7(13)5-9(8)14/h2-5H,13-14H2,1H3. The molecule has 0 unspecified atom stereocenters. The van der Waals surface area contributed by atoms with Crippen LogP contribution in [0.15, 0.2) is 28.1 Å². The van der Waals surface area contributed by atoms with Gasteiger partial charge in [0.25, 0.3) is 0 Å². The highest BCUT2D eigenvalue weighted by Gasteiger charge is 2.08. The predicted molar refractivity (Wildman–Crippen MR) is 71.0 cm³/mol. The van der Waals surface area contributed by atoms with Gasteiger partial charge in [0.1, 0.15) is 0 Å². The van der Waals surface area contributed by atoms with Crippen LogP contribution < -0.4 is 11.5 Å². The van der Waals surface area contributed by atoms with E-state index in [1.54, 1.807) is 17.4 Å². The first-order chi connectivity index (χ1) is 7.08. The van der Waals surface area contributed by atoms with E-state index in [0.717, 1.165) is 19.9 Å². The average molecular weight is 283 g/mol. The highest BCUT2D eigenvalue weighted by Crippen LogP contribution is 2.37. The summed E-state index contributed by atoms with van der Waals surface area (Å²) in [6.07, 6.45) is 0. The SMILES string of the molecule is Cc1cc(-c2ccc(N)cc2N)sc1Br. The second-order valence-electron chi connectivity index (χ2n) is 3.41. The van der Waals surface area contributed by atoms with E-state index in [-0.39, 0.29) is 0 Å². The van der Waals surface area contributed by atoms with Crippen LogP contribution in [0.3, 0.4) is 0 Å². The zero-order chi connectivity index (χ0) is 11.0. The molecule has 0 atom stereocenters. The number of nitrogen functional groups attached to an aromatic ring is 2. The van der Waals surface area contributed by atoms with Crippen molar-refractivity contribution in [3.05, 3.63) is 33.6 Å². The maximum atomic E-state index is 5.92. The van der Waals surface area contributed by atoms with Gasteiger partial charge in [0.2, 0.25) is 0 Å². The van der Waals surface area contributed by atoms with Crippen LogP contribution in [0.25, 0.3) is 10.4 Å². The lowest BCUT2D eigenvalue weighted by molar-refractivity contribution is 1.52. The first-order valence-electron chi connectivity index (χ1n) is 4.49. The molecule has 0 radical (unpaired) electrons. The third-order valence-electron chi connectivity index (χ3n) is 2.20. The number of hydrogen-bond donors (Lipinski definition) is 2. The summed E-state index contributed by atoms with van der Waals surface area (Å²) in [7, 11) is 0. The summed E-state index contributed by atoms with van der Waals surface area (Å²) in [6, 6.07) is 7.74. The third kappa shape index (κ3) is 2.01. The predicted octanol–water partition coefficient (Wildman–Crippen LogP) is 3.65. The Hall–Kier alpha value is -1.00. The van der Waals surface area contributed by atoms with Gasteiger partial charge in [-0.1, -0.05) is 0 Å². The minimum absolute atomic E-state index is 0.698. The van der Waals surface area contributed by atoms with Crippen LogP contribution in [0.2, 0.25) is 0 Å². The summed E-state index contributed by atoms with van der Waals surface area (Å²) in [4.78, 5) is 1.16. The number of thiophene rings is 1. The molecular formula is C11H11BrN2S. The van der Waals surface area contributed by atoms with Crippen molar-refractivity contribution in [1.82, 2.24) is 0 Å². The van der Waals surface area contributed by atoms with Gasteiger partial charge in [-0.3, -0.25) is 0 Å². The number of halogens is 1. The van der Waals surface area contributed by atoms with Gasteiger partial charge < -0.3 is 11.5 Å². The molecule has 2 aromatic rings. The number of anilines is 2. The summed E-state index contributed by atoms with van der Waals surface area (Å²) in [6.45, 7) is 2.07. The van der Waals surface area contributed by atoms with Crippen LogP contribution in [0.4, 0.5) is 11.4 Å². The zero-order valence-corrected chi connectivity index (χ0v) is 10.7. The van der Waals surface area contributed by atoms with Gasteiger partial charge in [0, 0.05) is 21.8 Å². The topological polar surface area (TPSA) is 52.0 Å². The van der Waals surface area contributed by atoms with Gasteiger partial charge in [0.15, 0.2) is 0 Å². The van der Waals surface area contributed by atoms with Crippen molar-refractivity contribution >= 4 is 38.6 Å². The Morgan fingerprint density at radius 2 is 1.93 bits per heavy atom. The largest absolute Gasteiger partial charge is 0.399 e. The molecule has 1 heterocycles. The van der Waals surface area contributed by atoms with Crippen molar-refractivity contribution in [2.75, 3.05) is 11.5 Å². The van der Waals surface area contributed by atoms with E-state index in [9.17, 15) is 0 Å².